The summed E-state index contributed by atoms with van der Waals surface area (Å²) < 4.78 is 6.87. The van der Waals surface area contributed by atoms with Gasteiger partial charge in [0.2, 0.25) is 0 Å². The number of nitriles is 1. The molecule has 0 unspecified atom stereocenters. The molecule has 1 atom stereocenters. The highest BCUT2D eigenvalue weighted by Crippen LogP contribution is 2.29. The van der Waals surface area contributed by atoms with E-state index in [1.807, 2.05) is 25.4 Å². The highest BCUT2D eigenvalue weighted by molar-refractivity contribution is 5.90. The van der Waals surface area contributed by atoms with E-state index in [9.17, 15) is 10.1 Å². The van der Waals surface area contributed by atoms with Crippen molar-refractivity contribution in [3.8, 4) is 11.8 Å². The van der Waals surface area contributed by atoms with Crippen molar-refractivity contribution in [1.82, 2.24) is 24.6 Å². The standard InChI is InChI=1S/C21H24N8O2/c1-4-14-13-28(21(30)26-19-6-5-18(31-3)16(11-22)25-19)9-10-29(14)17-7-8-23-20-15(17)12-24-27(20)2/h5-8,12,14H,4,9-10,13H2,1-3H3,(H,25,26,30)/t14-/m0/s1. The molecule has 1 aliphatic heterocycles. The van der Waals surface area contributed by atoms with Crippen LogP contribution < -0.4 is 15.0 Å². The van der Waals surface area contributed by atoms with Gasteiger partial charge in [0.1, 0.15) is 11.9 Å². The van der Waals surface area contributed by atoms with Crippen LogP contribution in [-0.4, -0.2) is 63.5 Å². The molecule has 4 heterocycles. The van der Waals surface area contributed by atoms with E-state index in [-0.39, 0.29) is 17.8 Å². The summed E-state index contributed by atoms with van der Waals surface area (Å²) in [4.78, 5) is 25.6. The zero-order valence-corrected chi connectivity index (χ0v) is 17.7. The molecule has 160 valence electrons. The molecular weight excluding hydrogens is 396 g/mol. The number of pyridine rings is 2. The first-order valence-electron chi connectivity index (χ1n) is 10.1. The first kappa shape index (κ1) is 20.4. The van der Waals surface area contributed by atoms with Crippen molar-refractivity contribution in [3.05, 3.63) is 36.3 Å². The van der Waals surface area contributed by atoms with Crippen molar-refractivity contribution >= 4 is 28.6 Å². The molecular formula is C21H24N8O2. The molecule has 31 heavy (non-hydrogen) atoms. The first-order chi connectivity index (χ1) is 15.0. The lowest BCUT2D eigenvalue weighted by molar-refractivity contribution is 0.197. The number of fused-ring (bicyclic) bond motifs is 1. The largest absolute Gasteiger partial charge is 0.494 e. The second-order valence-corrected chi connectivity index (χ2v) is 7.33. The van der Waals surface area contributed by atoms with E-state index < -0.39 is 0 Å². The van der Waals surface area contributed by atoms with Gasteiger partial charge in [0, 0.05) is 38.9 Å². The van der Waals surface area contributed by atoms with Gasteiger partial charge >= 0.3 is 6.03 Å². The summed E-state index contributed by atoms with van der Waals surface area (Å²) in [6, 6.07) is 7.15. The maximum atomic E-state index is 12.9. The van der Waals surface area contributed by atoms with Crippen molar-refractivity contribution in [2.24, 2.45) is 7.05 Å². The lowest BCUT2D eigenvalue weighted by Crippen LogP contribution is -2.55. The zero-order chi connectivity index (χ0) is 22.0. The minimum absolute atomic E-state index is 0.134. The molecule has 0 aliphatic carbocycles. The average molecular weight is 420 g/mol. The van der Waals surface area contributed by atoms with Gasteiger partial charge in [0.15, 0.2) is 17.1 Å². The Morgan fingerprint density at radius 2 is 2.19 bits per heavy atom. The molecule has 1 fully saturated rings. The third-order valence-corrected chi connectivity index (χ3v) is 5.58. The number of nitrogens with one attached hydrogen (secondary N) is 1. The monoisotopic (exact) mass is 420 g/mol. The Kier molecular flexibility index (Phi) is 5.58. The quantitative estimate of drug-likeness (QED) is 0.689. The molecule has 1 aliphatic rings. The van der Waals surface area contributed by atoms with Gasteiger partial charge in [-0.05, 0) is 24.6 Å². The Morgan fingerprint density at radius 1 is 1.35 bits per heavy atom. The number of aromatic nitrogens is 4. The van der Waals surface area contributed by atoms with Gasteiger partial charge in [-0.15, -0.1) is 0 Å². The van der Waals surface area contributed by atoms with Crippen LogP contribution in [0.15, 0.2) is 30.6 Å². The fourth-order valence-electron chi connectivity index (χ4n) is 3.94. The van der Waals surface area contributed by atoms with Crippen LogP contribution in [0.25, 0.3) is 11.0 Å². The third kappa shape index (κ3) is 3.82. The van der Waals surface area contributed by atoms with E-state index in [4.69, 9.17) is 4.74 Å². The Bertz CT molecular complexity index is 1150. The number of methoxy groups -OCH3 is 1. The predicted octanol–water partition coefficient (Wildman–Crippen LogP) is 2.38. The summed E-state index contributed by atoms with van der Waals surface area (Å²) in [5.41, 5.74) is 2.06. The number of carbonyl (C=O) groups excluding carboxylic acids is 1. The summed E-state index contributed by atoms with van der Waals surface area (Å²) in [5, 5.41) is 17.3. The number of rotatable bonds is 4. The van der Waals surface area contributed by atoms with Crippen LogP contribution in [0.4, 0.5) is 16.3 Å². The van der Waals surface area contributed by atoms with Crippen LogP contribution in [-0.2, 0) is 7.05 Å². The maximum absolute atomic E-state index is 12.9. The molecule has 3 aromatic rings. The van der Waals surface area contributed by atoms with Gasteiger partial charge in [-0.3, -0.25) is 10.00 Å². The second-order valence-electron chi connectivity index (χ2n) is 7.33. The number of hydrogen-bond donors (Lipinski definition) is 1. The number of carbonyl (C=O) groups is 1. The molecule has 0 aromatic carbocycles. The van der Waals surface area contributed by atoms with Crippen molar-refractivity contribution in [3.63, 3.8) is 0 Å². The average Bonchev–Trinajstić information content (AvgIpc) is 3.19. The molecule has 1 N–H and O–H groups in total. The minimum atomic E-state index is -0.235. The van der Waals surface area contributed by atoms with Crippen molar-refractivity contribution in [1.29, 1.82) is 5.26 Å². The molecule has 2 amide bonds. The van der Waals surface area contributed by atoms with E-state index in [0.29, 0.717) is 31.2 Å². The molecule has 0 radical (unpaired) electrons. The van der Waals surface area contributed by atoms with E-state index in [2.05, 4.69) is 32.2 Å². The number of urea groups is 1. The molecule has 0 bridgehead atoms. The zero-order valence-electron chi connectivity index (χ0n) is 17.7. The summed E-state index contributed by atoms with van der Waals surface area (Å²) in [7, 11) is 3.35. The van der Waals surface area contributed by atoms with Gasteiger partial charge < -0.3 is 14.5 Å². The number of ether oxygens (including phenoxy) is 1. The summed E-state index contributed by atoms with van der Waals surface area (Å²) >= 11 is 0. The summed E-state index contributed by atoms with van der Waals surface area (Å²) in [5.74, 6) is 0.697. The van der Waals surface area contributed by atoms with Crippen LogP contribution >= 0.6 is 0 Å². The first-order valence-corrected chi connectivity index (χ1v) is 10.1. The third-order valence-electron chi connectivity index (χ3n) is 5.58. The summed E-state index contributed by atoms with van der Waals surface area (Å²) in [6.45, 7) is 3.95. The van der Waals surface area contributed by atoms with Gasteiger partial charge in [-0.25, -0.2) is 14.8 Å². The smallest absolute Gasteiger partial charge is 0.323 e. The number of amides is 2. The lowest BCUT2D eigenvalue weighted by atomic mass is 10.1. The Morgan fingerprint density at radius 3 is 2.94 bits per heavy atom. The molecule has 0 spiro atoms. The van der Waals surface area contributed by atoms with E-state index in [0.717, 1.165) is 23.1 Å². The maximum Gasteiger partial charge on any atom is 0.323 e. The fourth-order valence-corrected chi connectivity index (χ4v) is 3.94. The van der Waals surface area contributed by atoms with Gasteiger partial charge in [-0.1, -0.05) is 6.92 Å². The molecule has 3 aromatic heterocycles. The van der Waals surface area contributed by atoms with Crippen molar-refractivity contribution in [2.45, 2.75) is 19.4 Å². The SMILES string of the molecule is CC[C@H]1CN(C(=O)Nc2ccc(OC)c(C#N)n2)CCN1c1ccnc2c1cnn2C. The predicted molar refractivity (Wildman–Crippen MR) is 116 cm³/mol. The van der Waals surface area contributed by atoms with Crippen molar-refractivity contribution in [2.75, 3.05) is 37.0 Å². The van der Waals surface area contributed by atoms with Crippen molar-refractivity contribution < 1.29 is 9.53 Å². The summed E-state index contributed by atoms with van der Waals surface area (Å²) in [6.07, 6.45) is 4.52. The molecule has 10 heteroatoms. The molecule has 1 saturated heterocycles. The Balaban J connectivity index is 1.50. The van der Waals surface area contributed by atoms with Crippen LogP contribution in [0.1, 0.15) is 19.0 Å². The van der Waals surface area contributed by atoms with Crippen LogP contribution in [0.2, 0.25) is 0 Å². The number of aryl methyl sites for hydroxylation is 1. The van der Waals surface area contributed by atoms with E-state index in [1.54, 1.807) is 27.9 Å². The number of hydrogen-bond acceptors (Lipinski definition) is 7. The lowest BCUT2D eigenvalue weighted by Gasteiger charge is -2.42. The van der Waals surface area contributed by atoms with E-state index >= 15 is 0 Å². The highest BCUT2D eigenvalue weighted by Gasteiger charge is 2.30. The van der Waals surface area contributed by atoms with Crippen LogP contribution in [0, 0.1) is 11.3 Å². The molecule has 4 rings (SSSR count). The van der Waals surface area contributed by atoms with E-state index in [1.165, 1.54) is 7.11 Å². The van der Waals surface area contributed by atoms with Crippen LogP contribution in [0.5, 0.6) is 5.75 Å². The topological polar surface area (TPSA) is 112 Å². The fraction of sp³-hybridized carbons (Fsp3) is 0.381. The van der Waals surface area contributed by atoms with Gasteiger partial charge in [0.05, 0.1) is 24.4 Å². The molecule has 0 saturated carbocycles. The van der Waals surface area contributed by atoms with Gasteiger partial charge in [0.25, 0.3) is 0 Å². The Labute approximate surface area is 180 Å². The van der Waals surface area contributed by atoms with Gasteiger partial charge in [-0.2, -0.15) is 10.4 Å². The number of nitrogens with zero attached hydrogens (tertiary/aromatic N) is 7. The highest BCUT2D eigenvalue weighted by atomic mass is 16.5. The minimum Gasteiger partial charge on any atom is -0.494 e. The normalized spacial score (nSPS) is 16.3. The number of anilines is 2. The Hall–Kier alpha value is -3.87. The molecule has 10 nitrogen and oxygen atoms in total. The second kappa shape index (κ2) is 8.47. The number of piperazine rings is 1. The van der Waals surface area contributed by atoms with Crippen LogP contribution in [0.3, 0.4) is 0 Å².